The summed E-state index contributed by atoms with van der Waals surface area (Å²) in [6.07, 6.45) is 1.58. The SMILES string of the molecule is CCC(O)(CC)CNC(C)c1ccccc1. The molecule has 2 N–H and O–H groups in total. The normalized spacial score (nSPS) is 13.8. The lowest BCUT2D eigenvalue weighted by Gasteiger charge is -2.27. The zero-order valence-electron chi connectivity index (χ0n) is 10.5. The summed E-state index contributed by atoms with van der Waals surface area (Å²) in [4.78, 5) is 0. The smallest absolute Gasteiger partial charge is 0.0766 e. The van der Waals surface area contributed by atoms with Crippen LogP contribution in [0.15, 0.2) is 30.3 Å². The molecule has 1 aromatic carbocycles. The summed E-state index contributed by atoms with van der Waals surface area (Å²) in [5.74, 6) is 0. The first-order chi connectivity index (χ1) is 7.61. The first-order valence-electron chi connectivity index (χ1n) is 6.12. The van der Waals surface area contributed by atoms with Crippen molar-refractivity contribution < 1.29 is 5.11 Å². The van der Waals surface area contributed by atoms with Crippen LogP contribution in [-0.4, -0.2) is 17.3 Å². The van der Waals surface area contributed by atoms with Gasteiger partial charge in [0.05, 0.1) is 5.60 Å². The van der Waals surface area contributed by atoms with Crippen molar-refractivity contribution in [2.24, 2.45) is 0 Å². The number of hydrogen-bond donors (Lipinski definition) is 2. The van der Waals surface area contributed by atoms with Crippen LogP contribution in [0.4, 0.5) is 0 Å². The largest absolute Gasteiger partial charge is 0.389 e. The second-order valence-electron chi connectivity index (χ2n) is 4.44. The molecular weight excluding hydrogens is 198 g/mol. The van der Waals surface area contributed by atoms with E-state index in [2.05, 4.69) is 24.4 Å². The quantitative estimate of drug-likeness (QED) is 0.774. The maximum Gasteiger partial charge on any atom is 0.0766 e. The Morgan fingerprint density at radius 3 is 2.25 bits per heavy atom. The van der Waals surface area contributed by atoms with Gasteiger partial charge in [-0.1, -0.05) is 44.2 Å². The molecule has 0 bridgehead atoms. The predicted octanol–water partition coefficient (Wildman–Crippen LogP) is 2.89. The molecule has 16 heavy (non-hydrogen) atoms. The lowest BCUT2D eigenvalue weighted by molar-refractivity contribution is 0.0303. The Morgan fingerprint density at radius 1 is 1.19 bits per heavy atom. The van der Waals surface area contributed by atoms with Crippen LogP contribution < -0.4 is 5.32 Å². The molecule has 0 fully saturated rings. The molecule has 0 amide bonds. The van der Waals surface area contributed by atoms with Crippen molar-refractivity contribution in [1.29, 1.82) is 0 Å². The summed E-state index contributed by atoms with van der Waals surface area (Å²) in [6, 6.07) is 10.6. The molecule has 1 atom stereocenters. The van der Waals surface area contributed by atoms with Gasteiger partial charge < -0.3 is 10.4 Å². The van der Waals surface area contributed by atoms with E-state index in [9.17, 15) is 5.11 Å². The highest BCUT2D eigenvalue weighted by Crippen LogP contribution is 2.16. The molecule has 0 heterocycles. The van der Waals surface area contributed by atoms with Crippen LogP contribution in [0.1, 0.15) is 45.2 Å². The van der Waals surface area contributed by atoms with Crippen LogP contribution in [0.3, 0.4) is 0 Å². The maximum absolute atomic E-state index is 10.2. The molecule has 0 radical (unpaired) electrons. The summed E-state index contributed by atoms with van der Waals surface area (Å²) in [6.45, 7) is 6.83. The van der Waals surface area contributed by atoms with E-state index >= 15 is 0 Å². The third kappa shape index (κ3) is 3.62. The zero-order chi connectivity index (χ0) is 12.0. The lowest BCUT2D eigenvalue weighted by Crippen LogP contribution is -2.40. The molecule has 0 spiro atoms. The fourth-order valence-electron chi connectivity index (χ4n) is 1.70. The molecule has 0 saturated carbocycles. The Hall–Kier alpha value is -0.860. The number of hydrogen-bond acceptors (Lipinski definition) is 2. The number of rotatable bonds is 6. The van der Waals surface area contributed by atoms with Crippen molar-refractivity contribution in [2.75, 3.05) is 6.54 Å². The molecular formula is C14H23NO. The van der Waals surface area contributed by atoms with Crippen LogP contribution in [0.5, 0.6) is 0 Å². The molecule has 1 aromatic rings. The van der Waals surface area contributed by atoms with Crippen LogP contribution in [-0.2, 0) is 0 Å². The van der Waals surface area contributed by atoms with Crippen molar-refractivity contribution in [1.82, 2.24) is 5.32 Å². The minimum atomic E-state index is -0.566. The van der Waals surface area contributed by atoms with E-state index in [1.54, 1.807) is 0 Å². The molecule has 0 aliphatic rings. The summed E-state index contributed by atoms with van der Waals surface area (Å²) in [5, 5.41) is 13.6. The zero-order valence-corrected chi connectivity index (χ0v) is 10.5. The Morgan fingerprint density at radius 2 is 1.75 bits per heavy atom. The van der Waals surface area contributed by atoms with Gasteiger partial charge in [0, 0.05) is 12.6 Å². The Bertz CT molecular complexity index is 293. The third-order valence-electron chi connectivity index (χ3n) is 3.35. The first-order valence-corrected chi connectivity index (χ1v) is 6.12. The summed E-state index contributed by atoms with van der Waals surface area (Å²) in [7, 11) is 0. The monoisotopic (exact) mass is 221 g/mol. The topological polar surface area (TPSA) is 32.3 Å². The Balaban J connectivity index is 2.50. The van der Waals surface area contributed by atoms with Crippen LogP contribution in [0, 0.1) is 0 Å². The molecule has 0 aromatic heterocycles. The van der Waals surface area contributed by atoms with Gasteiger partial charge in [0.2, 0.25) is 0 Å². The molecule has 1 unspecified atom stereocenters. The van der Waals surface area contributed by atoms with Crippen LogP contribution >= 0.6 is 0 Å². The van der Waals surface area contributed by atoms with Gasteiger partial charge in [-0.05, 0) is 25.3 Å². The van der Waals surface area contributed by atoms with E-state index < -0.39 is 5.60 Å². The van der Waals surface area contributed by atoms with E-state index in [-0.39, 0.29) is 6.04 Å². The number of aliphatic hydroxyl groups is 1. The standard InChI is InChI=1S/C14H23NO/c1-4-14(16,5-2)11-15-12(3)13-9-7-6-8-10-13/h6-10,12,15-16H,4-5,11H2,1-3H3. The minimum absolute atomic E-state index is 0.283. The average Bonchev–Trinajstić information content (AvgIpc) is 2.36. The Labute approximate surface area is 98.7 Å². The van der Waals surface area contributed by atoms with Crippen molar-refractivity contribution in [2.45, 2.75) is 45.3 Å². The first kappa shape index (κ1) is 13.2. The second kappa shape index (κ2) is 6.02. The van der Waals surface area contributed by atoms with Crippen molar-refractivity contribution in [3.05, 3.63) is 35.9 Å². The summed E-state index contributed by atoms with van der Waals surface area (Å²) >= 11 is 0. The van der Waals surface area contributed by atoms with Gasteiger partial charge in [-0.25, -0.2) is 0 Å². The predicted molar refractivity (Wildman–Crippen MR) is 68.4 cm³/mol. The van der Waals surface area contributed by atoms with Crippen molar-refractivity contribution in [3.8, 4) is 0 Å². The molecule has 0 aliphatic carbocycles. The summed E-state index contributed by atoms with van der Waals surface area (Å²) < 4.78 is 0. The van der Waals surface area contributed by atoms with E-state index in [0.717, 1.165) is 12.8 Å². The van der Waals surface area contributed by atoms with E-state index in [1.165, 1.54) is 5.56 Å². The Kier molecular flexibility index (Phi) is 4.97. The van der Waals surface area contributed by atoms with Gasteiger partial charge in [-0.15, -0.1) is 0 Å². The highest BCUT2D eigenvalue weighted by atomic mass is 16.3. The van der Waals surface area contributed by atoms with Gasteiger partial charge in [0.1, 0.15) is 0 Å². The lowest BCUT2D eigenvalue weighted by atomic mass is 9.97. The second-order valence-corrected chi connectivity index (χ2v) is 4.44. The van der Waals surface area contributed by atoms with Crippen molar-refractivity contribution >= 4 is 0 Å². The molecule has 0 aliphatic heterocycles. The van der Waals surface area contributed by atoms with Crippen LogP contribution in [0.2, 0.25) is 0 Å². The minimum Gasteiger partial charge on any atom is -0.389 e. The number of nitrogens with one attached hydrogen (secondary N) is 1. The molecule has 0 saturated heterocycles. The highest BCUT2D eigenvalue weighted by Gasteiger charge is 2.22. The molecule has 1 rings (SSSR count). The molecule has 2 heteroatoms. The fourth-order valence-corrected chi connectivity index (χ4v) is 1.70. The maximum atomic E-state index is 10.2. The van der Waals surface area contributed by atoms with E-state index in [0.29, 0.717) is 6.54 Å². The van der Waals surface area contributed by atoms with Crippen LogP contribution in [0.25, 0.3) is 0 Å². The van der Waals surface area contributed by atoms with Crippen molar-refractivity contribution in [3.63, 3.8) is 0 Å². The van der Waals surface area contributed by atoms with Gasteiger partial charge >= 0.3 is 0 Å². The fraction of sp³-hybridized carbons (Fsp3) is 0.571. The van der Waals surface area contributed by atoms with Gasteiger partial charge in [-0.2, -0.15) is 0 Å². The van der Waals surface area contributed by atoms with Gasteiger partial charge in [0.15, 0.2) is 0 Å². The van der Waals surface area contributed by atoms with Gasteiger partial charge in [-0.3, -0.25) is 0 Å². The summed E-state index contributed by atoms with van der Waals surface area (Å²) in [5.41, 5.74) is 0.695. The van der Waals surface area contributed by atoms with E-state index in [1.807, 2.05) is 32.0 Å². The van der Waals surface area contributed by atoms with E-state index in [4.69, 9.17) is 0 Å². The molecule has 90 valence electrons. The third-order valence-corrected chi connectivity index (χ3v) is 3.35. The highest BCUT2D eigenvalue weighted by molar-refractivity contribution is 5.18. The molecule has 2 nitrogen and oxygen atoms in total. The van der Waals surface area contributed by atoms with Gasteiger partial charge in [0.25, 0.3) is 0 Å². The number of benzene rings is 1. The average molecular weight is 221 g/mol.